The molecule has 1 saturated carbocycles. The number of likely N-dealkylation sites (tertiary alicyclic amines) is 1. The highest BCUT2D eigenvalue weighted by atomic mass is 32.2. The molecule has 1 aliphatic carbocycles. The van der Waals surface area contributed by atoms with Crippen LogP contribution in [0.1, 0.15) is 32.6 Å². The Bertz CT molecular complexity index is 622. The summed E-state index contributed by atoms with van der Waals surface area (Å²) in [6.45, 7) is 5.09. The fourth-order valence-electron chi connectivity index (χ4n) is 3.87. The number of carbonyl (C=O) groups excluding carboxylic acids is 1. The van der Waals surface area contributed by atoms with Crippen LogP contribution in [0.15, 0.2) is 9.93 Å². The van der Waals surface area contributed by atoms with Gasteiger partial charge in [0.15, 0.2) is 5.70 Å². The summed E-state index contributed by atoms with van der Waals surface area (Å²) in [6.07, 6.45) is 3.57. The third kappa shape index (κ3) is 3.22. The number of amides is 1. The van der Waals surface area contributed by atoms with E-state index in [1.165, 1.54) is 36.0 Å². The van der Waals surface area contributed by atoms with Crippen LogP contribution in [0.3, 0.4) is 0 Å². The standard InChI is InChI=1S/C17H24N2O4S2/c1-2-11(20)12-14(21)19-13(16(22)23)17(25-15(12)19)24-10-5-6-18(8-10)7-9-3-4-9/h9-12,15,20H,2-8H2,1H3,(H,22,23)/t10?,11-,12+,15+/m0/s1. The van der Waals surface area contributed by atoms with Crippen LogP contribution < -0.4 is 0 Å². The summed E-state index contributed by atoms with van der Waals surface area (Å²) in [4.78, 5) is 28.0. The maximum absolute atomic E-state index is 12.4. The molecule has 1 unspecified atom stereocenters. The van der Waals surface area contributed by atoms with E-state index in [1.54, 1.807) is 11.8 Å². The highest BCUT2D eigenvalue weighted by molar-refractivity contribution is 8.23. The molecule has 4 atom stereocenters. The molecule has 3 aliphatic heterocycles. The molecule has 3 heterocycles. The van der Waals surface area contributed by atoms with Crippen molar-refractivity contribution in [3.8, 4) is 0 Å². The van der Waals surface area contributed by atoms with Crippen molar-refractivity contribution >= 4 is 35.4 Å². The van der Waals surface area contributed by atoms with Gasteiger partial charge in [-0.15, -0.1) is 11.8 Å². The van der Waals surface area contributed by atoms with Gasteiger partial charge in [-0.05, 0) is 38.1 Å². The van der Waals surface area contributed by atoms with Crippen LogP contribution in [0.5, 0.6) is 0 Å². The Morgan fingerprint density at radius 3 is 2.80 bits per heavy atom. The Labute approximate surface area is 156 Å². The first-order chi connectivity index (χ1) is 12.0. The van der Waals surface area contributed by atoms with Crippen molar-refractivity contribution in [1.29, 1.82) is 0 Å². The van der Waals surface area contributed by atoms with Gasteiger partial charge >= 0.3 is 5.97 Å². The molecule has 2 saturated heterocycles. The summed E-state index contributed by atoms with van der Waals surface area (Å²) in [6, 6.07) is 0. The molecule has 4 rings (SSSR count). The number of hydrogen-bond donors (Lipinski definition) is 2. The first-order valence-corrected chi connectivity index (χ1v) is 10.8. The average molecular weight is 385 g/mol. The number of rotatable bonds is 7. The number of carboxylic acid groups (broad SMARTS) is 1. The normalized spacial score (nSPS) is 33.6. The van der Waals surface area contributed by atoms with Crippen LogP contribution in [0.4, 0.5) is 0 Å². The van der Waals surface area contributed by atoms with Gasteiger partial charge in [-0.2, -0.15) is 0 Å². The van der Waals surface area contributed by atoms with Crippen LogP contribution in [0, 0.1) is 11.8 Å². The zero-order valence-electron chi connectivity index (χ0n) is 14.3. The zero-order valence-corrected chi connectivity index (χ0v) is 15.9. The lowest BCUT2D eigenvalue weighted by Gasteiger charge is -2.44. The lowest BCUT2D eigenvalue weighted by Crippen LogP contribution is -2.61. The average Bonchev–Trinajstić information content (AvgIpc) is 3.17. The molecule has 1 amide bonds. The summed E-state index contributed by atoms with van der Waals surface area (Å²) < 4.78 is 0.745. The smallest absolute Gasteiger partial charge is 0.354 e. The first-order valence-electron chi connectivity index (χ1n) is 9.04. The van der Waals surface area contributed by atoms with Crippen LogP contribution in [0.2, 0.25) is 0 Å². The fourth-order valence-corrected chi connectivity index (χ4v) is 7.18. The predicted molar refractivity (Wildman–Crippen MR) is 97.8 cm³/mol. The minimum absolute atomic E-state index is 0.130. The summed E-state index contributed by atoms with van der Waals surface area (Å²) in [7, 11) is 0. The number of thioether (sulfide) groups is 2. The highest BCUT2D eigenvalue weighted by Crippen LogP contribution is 2.55. The van der Waals surface area contributed by atoms with Crippen molar-refractivity contribution in [3.05, 3.63) is 9.93 Å². The molecular formula is C17H24N2O4S2. The molecule has 6 nitrogen and oxygen atoms in total. The summed E-state index contributed by atoms with van der Waals surface area (Å²) in [5, 5.41) is 19.8. The Morgan fingerprint density at radius 1 is 1.40 bits per heavy atom. The second-order valence-electron chi connectivity index (χ2n) is 7.39. The van der Waals surface area contributed by atoms with Gasteiger partial charge in [-0.25, -0.2) is 4.79 Å². The zero-order chi connectivity index (χ0) is 17.7. The van der Waals surface area contributed by atoms with Gasteiger partial charge in [-0.1, -0.05) is 18.7 Å². The largest absolute Gasteiger partial charge is 0.477 e. The number of hydrogen-bond acceptors (Lipinski definition) is 6. The number of aliphatic carboxylic acids is 1. The lowest BCUT2D eigenvalue weighted by molar-refractivity contribution is -0.157. The summed E-state index contributed by atoms with van der Waals surface area (Å²) in [5.41, 5.74) is 0.130. The van der Waals surface area contributed by atoms with E-state index >= 15 is 0 Å². The Hall–Kier alpha value is -0.700. The third-order valence-corrected chi connectivity index (χ3v) is 8.35. The van der Waals surface area contributed by atoms with E-state index in [4.69, 9.17) is 0 Å². The SMILES string of the molecule is CC[C@H](O)[C@@H]1C(=O)N2C(C(=O)O)=C(SC3CCN(CC4CC4)C3)S[C@H]12. The highest BCUT2D eigenvalue weighted by Gasteiger charge is 2.58. The second kappa shape index (κ2) is 6.79. The van der Waals surface area contributed by atoms with E-state index in [0.29, 0.717) is 11.7 Å². The van der Waals surface area contributed by atoms with E-state index in [1.807, 2.05) is 6.92 Å². The van der Waals surface area contributed by atoms with Crippen molar-refractivity contribution in [2.24, 2.45) is 11.8 Å². The van der Waals surface area contributed by atoms with E-state index in [-0.39, 0.29) is 17.0 Å². The number of aliphatic hydroxyl groups excluding tert-OH is 1. The number of aliphatic hydroxyl groups is 1. The maximum atomic E-state index is 12.4. The minimum Gasteiger partial charge on any atom is -0.477 e. The third-order valence-electron chi connectivity index (χ3n) is 5.50. The van der Waals surface area contributed by atoms with E-state index in [9.17, 15) is 19.8 Å². The molecule has 3 fully saturated rings. The fraction of sp³-hybridized carbons (Fsp3) is 0.765. The van der Waals surface area contributed by atoms with Gasteiger partial charge in [0, 0.05) is 18.3 Å². The minimum atomic E-state index is -1.04. The molecule has 0 aromatic heterocycles. The second-order valence-corrected chi connectivity index (χ2v) is 10.1. The van der Waals surface area contributed by atoms with Gasteiger partial charge < -0.3 is 15.1 Å². The molecule has 8 heteroatoms. The van der Waals surface area contributed by atoms with Gasteiger partial charge in [0.2, 0.25) is 5.91 Å². The number of nitrogens with zero attached hydrogens (tertiary/aromatic N) is 2. The molecule has 0 radical (unpaired) electrons. The number of carbonyl (C=O) groups is 2. The molecule has 138 valence electrons. The van der Waals surface area contributed by atoms with Crippen LogP contribution in [-0.2, 0) is 9.59 Å². The lowest BCUT2D eigenvalue weighted by atomic mass is 9.90. The predicted octanol–water partition coefficient (Wildman–Crippen LogP) is 1.76. The topological polar surface area (TPSA) is 81.1 Å². The van der Waals surface area contributed by atoms with Gasteiger partial charge in [0.1, 0.15) is 5.37 Å². The van der Waals surface area contributed by atoms with E-state index in [2.05, 4.69) is 4.90 Å². The van der Waals surface area contributed by atoms with E-state index < -0.39 is 18.0 Å². The molecule has 2 N–H and O–H groups in total. The molecular weight excluding hydrogens is 360 g/mol. The molecule has 0 aromatic rings. The Morgan fingerprint density at radius 2 is 2.16 bits per heavy atom. The molecule has 0 aromatic carbocycles. The number of fused-ring (bicyclic) bond motifs is 1. The summed E-state index contributed by atoms with van der Waals surface area (Å²) >= 11 is 3.07. The van der Waals surface area contributed by atoms with E-state index in [0.717, 1.165) is 29.7 Å². The first kappa shape index (κ1) is 17.7. The monoisotopic (exact) mass is 384 g/mol. The van der Waals surface area contributed by atoms with Crippen molar-refractivity contribution in [3.63, 3.8) is 0 Å². The molecule has 25 heavy (non-hydrogen) atoms. The van der Waals surface area contributed by atoms with Crippen LogP contribution >= 0.6 is 23.5 Å². The quantitative estimate of drug-likeness (QED) is 0.647. The van der Waals surface area contributed by atoms with Crippen molar-refractivity contribution in [1.82, 2.24) is 9.80 Å². The van der Waals surface area contributed by atoms with Crippen LogP contribution in [-0.4, -0.2) is 68.3 Å². The van der Waals surface area contributed by atoms with Gasteiger partial charge in [-0.3, -0.25) is 9.69 Å². The van der Waals surface area contributed by atoms with Gasteiger partial charge in [0.25, 0.3) is 0 Å². The Balaban J connectivity index is 1.44. The number of β-lactam (4-membered cyclic amide) rings is 1. The molecule has 4 aliphatic rings. The molecule has 0 bridgehead atoms. The number of carboxylic acids is 1. The van der Waals surface area contributed by atoms with Crippen molar-refractivity contribution < 1.29 is 19.8 Å². The Kier molecular flexibility index (Phi) is 4.81. The van der Waals surface area contributed by atoms with Crippen molar-refractivity contribution in [2.75, 3.05) is 19.6 Å². The molecule has 0 spiro atoms. The van der Waals surface area contributed by atoms with Crippen molar-refractivity contribution in [2.45, 2.75) is 49.3 Å². The maximum Gasteiger partial charge on any atom is 0.354 e. The van der Waals surface area contributed by atoms with Crippen LogP contribution in [0.25, 0.3) is 0 Å². The summed E-state index contributed by atoms with van der Waals surface area (Å²) in [5.74, 6) is -0.892. The van der Waals surface area contributed by atoms with Gasteiger partial charge in [0.05, 0.1) is 16.3 Å².